The molecule has 4 nitrogen and oxygen atoms in total. The van der Waals surface area contributed by atoms with Gasteiger partial charge in [0.2, 0.25) is 0 Å². The van der Waals surface area contributed by atoms with E-state index in [2.05, 4.69) is 0 Å². The van der Waals surface area contributed by atoms with Gasteiger partial charge in [0.1, 0.15) is 11.5 Å². The molecule has 0 saturated heterocycles. The topological polar surface area (TPSA) is 40.5 Å². The highest BCUT2D eigenvalue weighted by atomic mass is 16.5. The summed E-state index contributed by atoms with van der Waals surface area (Å²) in [5.41, 5.74) is 0.696. The average Bonchev–Trinajstić information content (AvgIpc) is 2.56. The van der Waals surface area contributed by atoms with Gasteiger partial charge in [-0.3, -0.25) is 9.36 Å². The van der Waals surface area contributed by atoms with E-state index < -0.39 is 0 Å². The van der Waals surface area contributed by atoms with E-state index in [1.165, 1.54) is 0 Å². The Labute approximate surface area is 122 Å². The SMILES string of the molecule is COc1ccc(-n2cc(OC)c3ccccc3c2=O)cc1. The van der Waals surface area contributed by atoms with Crippen LogP contribution in [0.25, 0.3) is 16.5 Å². The molecule has 0 amide bonds. The van der Waals surface area contributed by atoms with Crippen molar-refractivity contribution in [3.05, 3.63) is 65.1 Å². The van der Waals surface area contributed by atoms with Gasteiger partial charge in [-0.25, -0.2) is 0 Å². The minimum atomic E-state index is -0.0726. The number of methoxy groups -OCH3 is 2. The summed E-state index contributed by atoms with van der Waals surface area (Å²) in [7, 11) is 3.21. The molecule has 4 heteroatoms. The fourth-order valence-corrected chi connectivity index (χ4v) is 2.36. The zero-order valence-electron chi connectivity index (χ0n) is 11.9. The molecule has 0 aliphatic heterocycles. The normalized spacial score (nSPS) is 10.6. The first-order valence-electron chi connectivity index (χ1n) is 6.57. The summed E-state index contributed by atoms with van der Waals surface area (Å²) in [5.74, 6) is 1.42. The van der Waals surface area contributed by atoms with Crippen molar-refractivity contribution in [2.45, 2.75) is 0 Å². The lowest BCUT2D eigenvalue weighted by molar-refractivity contribution is 0.414. The molecule has 0 bridgehead atoms. The lowest BCUT2D eigenvalue weighted by Crippen LogP contribution is -2.18. The van der Waals surface area contributed by atoms with Gasteiger partial charge in [-0.15, -0.1) is 0 Å². The Bertz CT molecular complexity index is 835. The van der Waals surface area contributed by atoms with Crippen LogP contribution >= 0.6 is 0 Å². The predicted molar refractivity (Wildman–Crippen MR) is 82.6 cm³/mol. The lowest BCUT2D eigenvalue weighted by Gasteiger charge is -2.11. The molecule has 3 aromatic rings. The van der Waals surface area contributed by atoms with Crippen molar-refractivity contribution >= 4 is 10.8 Å². The van der Waals surface area contributed by atoms with Crippen LogP contribution < -0.4 is 15.0 Å². The van der Waals surface area contributed by atoms with E-state index in [1.807, 2.05) is 42.5 Å². The number of rotatable bonds is 3. The standard InChI is InChI=1S/C17H15NO3/c1-20-13-9-7-12(8-10-13)18-11-16(21-2)14-5-3-4-6-15(14)17(18)19/h3-11H,1-2H3. The van der Waals surface area contributed by atoms with Crippen molar-refractivity contribution in [2.75, 3.05) is 14.2 Å². The summed E-state index contributed by atoms with van der Waals surface area (Å²) in [6.07, 6.45) is 1.71. The van der Waals surface area contributed by atoms with Crippen molar-refractivity contribution in [3.63, 3.8) is 0 Å². The molecular formula is C17H15NO3. The largest absolute Gasteiger partial charge is 0.497 e. The minimum Gasteiger partial charge on any atom is -0.497 e. The molecular weight excluding hydrogens is 266 g/mol. The van der Waals surface area contributed by atoms with Gasteiger partial charge >= 0.3 is 0 Å². The quantitative estimate of drug-likeness (QED) is 0.741. The summed E-state index contributed by atoms with van der Waals surface area (Å²) in [6, 6.07) is 14.8. The van der Waals surface area contributed by atoms with Crippen LogP contribution in [0.1, 0.15) is 0 Å². The van der Waals surface area contributed by atoms with Crippen molar-refractivity contribution in [1.29, 1.82) is 0 Å². The molecule has 2 aromatic carbocycles. The van der Waals surface area contributed by atoms with Gasteiger partial charge in [-0.05, 0) is 30.3 Å². The molecule has 1 aromatic heterocycles. The summed E-state index contributed by atoms with van der Waals surface area (Å²) < 4.78 is 12.1. The minimum absolute atomic E-state index is 0.0726. The number of ether oxygens (including phenoxy) is 2. The zero-order valence-corrected chi connectivity index (χ0v) is 11.9. The van der Waals surface area contributed by atoms with Gasteiger partial charge in [0.05, 0.1) is 25.8 Å². The predicted octanol–water partition coefficient (Wildman–Crippen LogP) is 3.01. The molecule has 0 radical (unpaired) electrons. The third kappa shape index (κ3) is 2.25. The first kappa shape index (κ1) is 13.2. The van der Waals surface area contributed by atoms with E-state index in [4.69, 9.17) is 9.47 Å². The maximum absolute atomic E-state index is 12.6. The highest BCUT2D eigenvalue weighted by Gasteiger charge is 2.10. The zero-order chi connectivity index (χ0) is 14.8. The smallest absolute Gasteiger partial charge is 0.263 e. The molecule has 0 N–H and O–H groups in total. The van der Waals surface area contributed by atoms with Gasteiger partial charge in [-0.1, -0.05) is 18.2 Å². The molecule has 0 atom stereocenters. The molecule has 0 aliphatic rings. The number of benzene rings is 2. The van der Waals surface area contributed by atoms with Crippen LogP contribution in [-0.2, 0) is 0 Å². The maximum Gasteiger partial charge on any atom is 0.263 e. The fourth-order valence-electron chi connectivity index (χ4n) is 2.36. The molecule has 1 heterocycles. The van der Waals surface area contributed by atoms with Crippen molar-refractivity contribution in [1.82, 2.24) is 4.57 Å². The molecule has 21 heavy (non-hydrogen) atoms. The first-order valence-corrected chi connectivity index (χ1v) is 6.57. The molecule has 0 saturated carbocycles. The number of nitrogens with zero attached hydrogens (tertiary/aromatic N) is 1. The first-order chi connectivity index (χ1) is 10.2. The highest BCUT2D eigenvalue weighted by Crippen LogP contribution is 2.24. The fraction of sp³-hybridized carbons (Fsp3) is 0.118. The van der Waals surface area contributed by atoms with E-state index in [0.29, 0.717) is 11.1 Å². The number of pyridine rings is 1. The number of hydrogen-bond donors (Lipinski definition) is 0. The molecule has 0 fully saturated rings. The van der Waals surface area contributed by atoms with Crippen molar-refractivity contribution in [2.24, 2.45) is 0 Å². The molecule has 0 unspecified atom stereocenters. The second-order valence-electron chi connectivity index (χ2n) is 4.62. The van der Waals surface area contributed by atoms with E-state index in [9.17, 15) is 4.79 Å². The van der Waals surface area contributed by atoms with E-state index in [1.54, 1.807) is 31.0 Å². The Morgan fingerprint density at radius 1 is 0.857 bits per heavy atom. The van der Waals surface area contributed by atoms with Crippen LogP contribution in [0.15, 0.2) is 59.5 Å². The van der Waals surface area contributed by atoms with Gasteiger partial charge in [0, 0.05) is 11.1 Å². The molecule has 3 rings (SSSR count). The molecule has 0 spiro atoms. The lowest BCUT2D eigenvalue weighted by atomic mass is 10.1. The average molecular weight is 281 g/mol. The second-order valence-corrected chi connectivity index (χ2v) is 4.62. The number of fused-ring (bicyclic) bond motifs is 1. The third-order valence-corrected chi connectivity index (χ3v) is 3.46. The van der Waals surface area contributed by atoms with Gasteiger partial charge in [0.25, 0.3) is 5.56 Å². The Balaban J connectivity index is 2.27. The monoisotopic (exact) mass is 281 g/mol. The van der Waals surface area contributed by atoms with Crippen LogP contribution in [-0.4, -0.2) is 18.8 Å². The second kappa shape index (κ2) is 5.32. The Kier molecular flexibility index (Phi) is 3.36. The van der Waals surface area contributed by atoms with Crippen LogP contribution in [0.2, 0.25) is 0 Å². The van der Waals surface area contributed by atoms with E-state index in [-0.39, 0.29) is 5.56 Å². The van der Waals surface area contributed by atoms with Gasteiger partial charge < -0.3 is 9.47 Å². The van der Waals surface area contributed by atoms with Crippen LogP contribution in [0.3, 0.4) is 0 Å². The van der Waals surface area contributed by atoms with Crippen LogP contribution in [0.4, 0.5) is 0 Å². The van der Waals surface area contributed by atoms with Crippen molar-refractivity contribution in [3.8, 4) is 17.2 Å². The van der Waals surface area contributed by atoms with Crippen LogP contribution in [0, 0.1) is 0 Å². The summed E-state index contributed by atoms with van der Waals surface area (Å²) in [4.78, 5) is 12.6. The molecule has 0 aliphatic carbocycles. The Morgan fingerprint density at radius 3 is 2.14 bits per heavy atom. The van der Waals surface area contributed by atoms with Gasteiger partial charge in [-0.2, -0.15) is 0 Å². The third-order valence-electron chi connectivity index (χ3n) is 3.46. The van der Waals surface area contributed by atoms with E-state index in [0.717, 1.165) is 16.8 Å². The Morgan fingerprint density at radius 2 is 1.52 bits per heavy atom. The van der Waals surface area contributed by atoms with Crippen molar-refractivity contribution < 1.29 is 9.47 Å². The van der Waals surface area contributed by atoms with E-state index >= 15 is 0 Å². The number of aromatic nitrogens is 1. The molecule has 106 valence electrons. The Hall–Kier alpha value is -2.75. The number of hydrogen-bond acceptors (Lipinski definition) is 3. The maximum atomic E-state index is 12.6. The summed E-state index contributed by atoms with van der Waals surface area (Å²) >= 11 is 0. The summed E-state index contributed by atoms with van der Waals surface area (Å²) in [5, 5.41) is 1.45. The van der Waals surface area contributed by atoms with Gasteiger partial charge in [0.15, 0.2) is 0 Å². The van der Waals surface area contributed by atoms with Crippen LogP contribution in [0.5, 0.6) is 11.5 Å². The highest BCUT2D eigenvalue weighted by molar-refractivity contribution is 5.87. The summed E-state index contributed by atoms with van der Waals surface area (Å²) in [6.45, 7) is 0.